The van der Waals surface area contributed by atoms with Gasteiger partial charge in [-0.3, -0.25) is 4.79 Å². The number of nitrogens with zero attached hydrogens (tertiary/aromatic N) is 1. The second kappa shape index (κ2) is 9.28. The molecule has 1 rings (SSSR count). The minimum Gasteiger partial charge on any atom is -0.389 e. The van der Waals surface area contributed by atoms with Gasteiger partial charge in [-0.1, -0.05) is 0 Å². The molecule has 6 heteroatoms. The lowest BCUT2D eigenvalue weighted by Gasteiger charge is -2.30. The standard InChI is InChI=1S/C14H28N2O4/c1-11(2)20-7-6-19-10-13(17)8-15-12-4-5-14(18)16(3)9-12/h11-13,15,17H,4-10H2,1-3H3. The predicted molar refractivity (Wildman–Crippen MR) is 76.6 cm³/mol. The molecule has 0 aliphatic carbocycles. The summed E-state index contributed by atoms with van der Waals surface area (Å²) in [6.07, 6.45) is 1.08. The Bertz CT molecular complexity index is 286. The fourth-order valence-electron chi connectivity index (χ4n) is 2.10. The Morgan fingerprint density at radius 3 is 2.85 bits per heavy atom. The van der Waals surface area contributed by atoms with Crippen LogP contribution in [0.4, 0.5) is 0 Å². The third-order valence-electron chi connectivity index (χ3n) is 3.26. The van der Waals surface area contributed by atoms with E-state index in [1.54, 1.807) is 4.90 Å². The van der Waals surface area contributed by atoms with E-state index in [4.69, 9.17) is 9.47 Å². The van der Waals surface area contributed by atoms with Crippen LogP contribution in [0.1, 0.15) is 26.7 Å². The molecule has 2 atom stereocenters. The maximum atomic E-state index is 11.3. The quantitative estimate of drug-likeness (QED) is 0.584. The van der Waals surface area contributed by atoms with Crippen molar-refractivity contribution in [1.29, 1.82) is 0 Å². The highest BCUT2D eigenvalue weighted by molar-refractivity contribution is 5.76. The summed E-state index contributed by atoms with van der Waals surface area (Å²) in [5.41, 5.74) is 0. The highest BCUT2D eigenvalue weighted by Gasteiger charge is 2.22. The number of amides is 1. The highest BCUT2D eigenvalue weighted by Crippen LogP contribution is 2.09. The summed E-state index contributed by atoms with van der Waals surface area (Å²) >= 11 is 0. The van der Waals surface area contributed by atoms with E-state index in [-0.39, 0.29) is 18.1 Å². The second-order valence-corrected chi connectivity index (χ2v) is 5.57. The lowest BCUT2D eigenvalue weighted by atomic mass is 10.1. The van der Waals surface area contributed by atoms with Crippen LogP contribution in [0.25, 0.3) is 0 Å². The minimum atomic E-state index is -0.531. The first-order valence-corrected chi connectivity index (χ1v) is 7.33. The average molecular weight is 288 g/mol. The van der Waals surface area contributed by atoms with E-state index < -0.39 is 6.10 Å². The number of ether oxygens (including phenoxy) is 2. The Morgan fingerprint density at radius 2 is 2.20 bits per heavy atom. The third kappa shape index (κ3) is 7.19. The topological polar surface area (TPSA) is 71.0 Å². The molecule has 6 nitrogen and oxygen atoms in total. The molecule has 0 bridgehead atoms. The van der Waals surface area contributed by atoms with E-state index in [0.29, 0.717) is 39.3 Å². The van der Waals surface area contributed by atoms with Gasteiger partial charge in [0.15, 0.2) is 0 Å². The first-order chi connectivity index (χ1) is 9.49. The first-order valence-electron chi connectivity index (χ1n) is 7.33. The smallest absolute Gasteiger partial charge is 0.222 e. The van der Waals surface area contributed by atoms with E-state index in [9.17, 15) is 9.90 Å². The third-order valence-corrected chi connectivity index (χ3v) is 3.26. The fraction of sp³-hybridized carbons (Fsp3) is 0.929. The Hall–Kier alpha value is -0.690. The summed E-state index contributed by atoms with van der Waals surface area (Å²) in [5.74, 6) is 0.192. The molecule has 1 aliphatic heterocycles. The zero-order valence-corrected chi connectivity index (χ0v) is 12.8. The zero-order valence-electron chi connectivity index (χ0n) is 12.8. The molecule has 20 heavy (non-hydrogen) atoms. The molecule has 118 valence electrons. The number of hydrogen-bond acceptors (Lipinski definition) is 5. The summed E-state index contributed by atoms with van der Waals surface area (Å²) in [4.78, 5) is 13.1. The number of likely N-dealkylation sites (tertiary alicyclic amines) is 1. The van der Waals surface area contributed by atoms with Gasteiger partial charge in [-0.25, -0.2) is 0 Å². The van der Waals surface area contributed by atoms with E-state index >= 15 is 0 Å². The molecular formula is C14H28N2O4. The maximum Gasteiger partial charge on any atom is 0.222 e. The van der Waals surface area contributed by atoms with Crippen LogP contribution >= 0.6 is 0 Å². The molecular weight excluding hydrogens is 260 g/mol. The van der Waals surface area contributed by atoms with Crippen molar-refractivity contribution in [3.05, 3.63) is 0 Å². The predicted octanol–water partition coefficient (Wildman–Crippen LogP) is -0.000700. The van der Waals surface area contributed by atoms with Gasteiger partial charge >= 0.3 is 0 Å². The van der Waals surface area contributed by atoms with E-state index in [2.05, 4.69) is 5.32 Å². The molecule has 1 amide bonds. The van der Waals surface area contributed by atoms with Crippen molar-refractivity contribution in [1.82, 2.24) is 10.2 Å². The van der Waals surface area contributed by atoms with Crippen molar-refractivity contribution < 1.29 is 19.4 Å². The van der Waals surface area contributed by atoms with E-state index in [1.807, 2.05) is 20.9 Å². The highest BCUT2D eigenvalue weighted by atomic mass is 16.5. The number of hydrogen-bond donors (Lipinski definition) is 2. The number of nitrogens with one attached hydrogen (secondary N) is 1. The van der Waals surface area contributed by atoms with Gasteiger partial charge in [0.2, 0.25) is 5.91 Å². The minimum absolute atomic E-state index is 0.192. The molecule has 2 unspecified atom stereocenters. The van der Waals surface area contributed by atoms with Gasteiger partial charge in [-0.2, -0.15) is 0 Å². The fourth-order valence-corrected chi connectivity index (χ4v) is 2.10. The van der Waals surface area contributed by atoms with Gasteiger partial charge in [0.25, 0.3) is 0 Å². The van der Waals surface area contributed by atoms with E-state index in [1.165, 1.54) is 0 Å². The summed E-state index contributed by atoms with van der Waals surface area (Å²) in [5, 5.41) is 13.1. The Kier molecular flexibility index (Phi) is 8.06. The normalized spacial score (nSPS) is 21.6. The van der Waals surface area contributed by atoms with Gasteiger partial charge in [-0.05, 0) is 20.3 Å². The lowest BCUT2D eigenvalue weighted by molar-refractivity contribution is -0.132. The SMILES string of the molecule is CC(C)OCCOCC(O)CNC1CCC(=O)N(C)C1. The van der Waals surface area contributed by atoms with Gasteiger partial charge in [0.05, 0.1) is 32.0 Å². The van der Waals surface area contributed by atoms with Crippen LogP contribution in [-0.4, -0.2) is 74.1 Å². The molecule has 0 spiro atoms. The molecule has 0 aromatic heterocycles. The van der Waals surface area contributed by atoms with E-state index in [0.717, 1.165) is 6.42 Å². The van der Waals surface area contributed by atoms with Crippen LogP contribution in [-0.2, 0) is 14.3 Å². The largest absolute Gasteiger partial charge is 0.389 e. The molecule has 2 N–H and O–H groups in total. The van der Waals surface area contributed by atoms with Crippen molar-refractivity contribution in [3.63, 3.8) is 0 Å². The van der Waals surface area contributed by atoms with Crippen molar-refractivity contribution in [2.45, 2.75) is 44.9 Å². The molecule has 1 saturated heterocycles. The first kappa shape index (κ1) is 17.4. The number of piperidine rings is 1. The van der Waals surface area contributed by atoms with Crippen molar-refractivity contribution >= 4 is 5.91 Å². The molecule has 1 aliphatic rings. The van der Waals surface area contributed by atoms with Crippen molar-refractivity contribution in [3.8, 4) is 0 Å². The number of carbonyl (C=O) groups excluding carboxylic acids is 1. The summed E-state index contributed by atoms with van der Waals surface area (Å²) in [6, 6.07) is 0.261. The van der Waals surface area contributed by atoms with Crippen molar-refractivity contribution in [2.75, 3.05) is 40.0 Å². The molecule has 0 saturated carbocycles. The average Bonchev–Trinajstić information content (AvgIpc) is 2.39. The molecule has 0 aromatic rings. The van der Waals surface area contributed by atoms with Crippen LogP contribution < -0.4 is 5.32 Å². The monoisotopic (exact) mass is 288 g/mol. The Morgan fingerprint density at radius 1 is 1.45 bits per heavy atom. The summed E-state index contributed by atoms with van der Waals surface area (Å²) < 4.78 is 10.7. The number of aliphatic hydroxyl groups excluding tert-OH is 1. The molecule has 1 fully saturated rings. The van der Waals surface area contributed by atoms with Crippen LogP contribution in [0, 0.1) is 0 Å². The van der Waals surface area contributed by atoms with Gasteiger partial charge in [-0.15, -0.1) is 0 Å². The van der Waals surface area contributed by atoms with Gasteiger partial charge in [0, 0.05) is 32.6 Å². The second-order valence-electron chi connectivity index (χ2n) is 5.57. The lowest BCUT2D eigenvalue weighted by Crippen LogP contribution is -2.48. The van der Waals surface area contributed by atoms with Gasteiger partial charge in [0.1, 0.15) is 0 Å². The Balaban J connectivity index is 2.02. The summed E-state index contributed by atoms with van der Waals surface area (Å²) in [7, 11) is 1.81. The number of likely N-dealkylation sites (N-methyl/N-ethyl adjacent to an activating group) is 1. The van der Waals surface area contributed by atoms with Crippen LogP contribution in [0.2, 0.25) is 0 Å². The van der Waals surface area contributed by atoms with Gasteiger partial charge < -0.3 is 24.8 Å². The molecule has 1 heterocycles. The molecule has 0 radical (unpaired) electrons. The number of rotatable bonds is 9. The molecule has 0 aromatic carbocycles. The van der Waals surface area contributed by atoms with Crippen LogP contribution in [0.5, 0.6) is 0 Å². The zero-order chi connectivity index (χ0) is 15.0. The number of aliphatic hydroxyl groups is 1. The van der Waals surface area contributed by atoms with Crippen LogP contribution in [0.15, 0.2) is 0 Å². The summed E-state index contributed by atoms with van der Waals surface area (Å²) in [6.45, 7) is 6.49. The Labute approximate surface area is 121 Å². The van der Waals surface area contributed by atoms with Crippen molar-refractivity contribution in [2.24, 2.45) is 0 Å². The maximum absolute atomic E-state index is 11.3. The van der Waals surface area contributed by atoms with Crippen LogP contribution in [0.3, 0.4) is 0 Å². The number of carbonyl (C=O) groups is 1.